The van der Waals surface area contributed by atoms with E-state index in [2.05, 4.69) is 15.7 Å². The zero-order chi connectivity index (χ0) is 21.8. The summed E-state index contributed by atoms with van der Waals surface area (Å²) in [7, 11) is 0. The van der Waals surface area contributed by atoms with E-state index in [1.807, 2.05) is 55.6 Å². The number of nitrogens with one attached hydrogen (secondary N) is 2. The molecule has 31 heavy (non-hydrogen) atoms. The predicted molar refractivity (Wildman–Crippen MR) is 117 cm³/mol. The highest BCUT2D eigenvalue weighted by Gasteiger charge is 2.42. The first-order valence-corrected chi connectivity index (χ1v) is 10.3. The molecule has 2 aromatic carbocycles. The largest absolute Gasteiger partial charge is 0.326 e. The lowest BCUT2D eigenvalue weighted by Crippen LogP contribution is -2.51. The number of piperidine rings is 1. The summed E-state index contributed by atoms with van der Waals surface area (Å²) < 4.78 is 1.76. The van der Waals surface area contributed by atoms with E-state index >= 15 is 0 Å². The number of carbonyl (C=O) groups is 3. The molecule has 1 aliphatic heterocycles. The van der Waals surface area contributed by atoms with Gasteiger partial charge in [-0.1, -0.05) is 31.2 Å². The molecule has 0 bridgehead atoms. The Labute approximate surface area is 180 Å². The van der Waals surface area contributed by atoms with Crippen molar-refractivity contribution in [2.24, 2.45) is 0 Å². The topological polar surface area (TPSA) is 93.1 Å². The summed E-state index contributed by atoms with van der Waals surface area (Å²) in [5.41, 5.74) is 2.65. The molecular formula is C24H24N4O3. The molecule has 1 fully saturated rings. The molecule has 3 amide bonds. The minimum atomic E-state index is -0.702. The van der Waals surface area contributed by atoms with Crippen LogP contribution in [0.15, 0.2) is 67.0 Å². The number of nitrogens with zero attached hydrogens (tertiary/aromatic N) is 2. The monoisotopic (exact) mass is 416 g/mol. The summed E-state index contributed by atoms with van der Waals surface area (Å²) in [4.78, 5) is 36.5. The van der Waals surface area contributed by atoms with E-state index in [4.69, 9.17) is 0 Å². The summed E-state index contributed by atoms with van der Waals surface area (Å²) in [5.74, 6) is -0.594. The third kappa shape index (κ3) is 4.26. The predicted octanol–water partition coefficient (Wildman–Crippen LogP) is 3.14. The molecule has 1 atom stereocenters. The van der Waals surface area contributed by atoms with Gasteiger partial charge in [-0.3, -0.25) is 19.7 Å². The first-order chi connectivity index (χ1) is 15.0. The molecule has 1 aromatic heterocycles. The van der Waals surface area contributed by atoms with Crippen LogP contribution in [0.3, 0.4) is 0 Å². The Morgan fingerprint density at radius 2 is 1.87 bits per heavy atom. The van der Waals surface area contributed by atoms with Crippen LogP contribution in [0.5, 0.6) is 0 Å². The van der Waals surface area contributed by atoms with Crippen molar-refractivity contribution in [3.63, 3.8) is 0 Å². The van der Waals surface area contributed by atoms with Crippen LogP contribution >= 0.6 is 0 Å². The van der Waals surface area contributed by atoms with Crippen LogP contribution in [0.4, 0.5) is 5.69 Å². The Morgan fingerprint density at radius 3 is 2.48 bits per heavy atom. The van der Waals surface area contributed by atoms with Gasteiger partial charge in [-0.05, 0) is 54.3 Å². The van der Waals surface area contributed by atoms with Crippen molar-refractivity contribution in [1.29, 1.82) is 0 Å². The first kappa shape index (κ1) is 20.5. The highest BCUT2D eigenvalue weighted by Crippen LogP contribution is 2.36. The van der Waals surface area contributed by atoms with E-state index in [0.717, 1.165) is 16.8 Å². The maximum Gasteiger partial charge on any atom is 0.237 e. The molecule has 0 saturated carbocycles. The molecular weight excluding hydrogens is 392 g/mol. The minimum absolute atomic E-state index is 0.120. The van der Waals surface area contributed by atoms with Gasteiger partial charge in [0.05, 0.1) is 17.5 Å². The molecule has 7 nitrogen and oxygen atoms in total. The van der Waals surface area contributed by atoms with Gasteiger partial charge in [-0.15, -0.1) is 0 Å². The highest BCUT2D eigenvalue weighted by molar-refractivity contribution is 6.03. The molecule has 1 aliphatic rings. The van der Waals surface area contributed by atoms with Gasteiger partial charge in [0.15, 0.2) is 0 Å². The minimum Gasteiger partial charge on any atom is -0.326 e. The fourth-order valence-corrected chi connectivity index (χ4v) is 4.02. The van der Waals surface area contributed by atoms with Gasteiger partial charge < -0.3 is 5.32 Å². The quantitative estimate of drug-likeness (QED) is 0.604. The number of carbonyl (C=O) groups excluding carboxylic acids is 3. The fourth-order valence-electron chi connectivity index (χ4n) is 4.02. The van der Waals surface area contributed by atoms with Crippen molar-refractivity contribution >= 4 is 23.4 Å². The fraction of sp³-hybridized carbons (Fsp3) is 0.250. The van der Waals surface area contributed by atoms with E-state index < -0.39 is 5.41 Å². The van der Waals surface area contributed by atoms with Crippen LogP contribution in [-0.4, -0.2) is 27.5 Å². The highest BCUT2D eigenvalue weighted by atomic mass is 16.2. The van der Waals surface area contributed by atoms with Gasteiger partial charge in [0.25, 0.3) is 0 Å². The zero-order valence-corrected chi connectivity index (χ0v) is 17.3. The van der Waals surface area contributed by atoms with Crippen molar-refractivity contribution in [1.82, 2.24) is 15.1 Å². The Bertz CT molecular complexity index is 1090. The van der Waals surface area contributed by atoms with E-state index in [1.165, 1.54) is 0 Å². The van der Waals surface area contributed by atoms with Gasteiger partial charge in [-0.25, -0.2) is 4.68 Å². The van der Waals surface area contributed by atoms with Crippen LogP contribution in [0.1, 0.15) is 37.3 Å². The van der Waals surface area contributed by atoms with E-state index in [9.17, 15) is 14.4 Å². The van der Waals surface area contributed by atoms with Crippen molar-refractivity contribution < 1.29 is 14.4 Å². The van der Waals surface area contributed by atoms with Gasteiger partial charge in [0.1, 0.15) is 0 Å². The average molecular weight is 416 g/mol. The summed E-state index contributed by atoms with van der Waals surface area (Å²) in [6.45, 7) is 1.95. The Morgan fingerprint density at radius 1 is 1.13 bits per heavy atom. The van der Waals surface area contributed by atoms with Gasteiger partial charge in [0, 0.05) is 24.5 Å². The van der Waals surface area contributed by atoms with E-state index in [0.29, 0.717) is 24.9 Å². The van der Waals surface area contributed by atoms with Crippen LogP contribution in [0.2, 0.25) is 0 Å². The smallest absolute Gasteiger partial charge is 0.237 e. The molecule has 2 heterocycles. The number of aromatic nitrogens is 2. The summed E-state index contributed by atoms with van der Waals surface area (Å²) >= 11 is 0. The molecule has 0 aliphatic carbocycles. The van der Waals surface area contributed by atoms with Crippen molar-refractivity contribution in [3.05, 3.63) is 78.1 Å². The number of rotatable bonds is 6. The van der Waals surface area contributed by atoms with Crippen molar-refractivity contribution in [2.45, 2.75) is 38.0 Å². The van der Waals surface area contributed by atoms with Crippen molar-refractivity contribution in [2.75, 3.05) is 5.32 Å². The number of hydrogen-bond donors (Lipinski definition) is 2. The SMILES string of the molecule is CCC1(c2ccc(NC(=O)Cc3ccc(-n4cccn4)cc3)cc2)CCC(=O)NC1=O. The van der Waals surface area contributed by atoms with Gasteiger partial charge >= 0.3 is 0 Å². The summed E-state index contributed by atoms with van der Waals surface area (Å²) in [5, 5.41) is 9.54. The number of benzene rings is 2. The maximum absolute atomic E-state index is 12.5. The molecule has 7 heteroatoms. The molecule has 4 rings (SSSR count). The molecule has 1 unspecified atom stereocenters. The first-order valence-electron chi connectivity index (χ1n) is 10.3. The van der Waals surface area contributed by atoms with Gasteiger partial charge in [-0.2, -0.15) is 5.10 Å². The van der Waals surface area contributed by atoms with Crippen molar-refractivity contribution in [3.8, 4) is 5.69 Å². The second-order valence-corrected chi connectivity index (χ2v) is 7.73. The van der Waals surface area contributed by atoms with Crippen LogP contribution < -0.4 is 10.6 Å². The zero-order valence-electron chi connectivity index (χ0n) is 17.3. The number of imide groups is 1. The number of anilines is 1. The molecule has 3 aromatic rings. The third-order valence-electron chi connectivity index (χ3n) is 5.86. The lowest BCUT2D eigenvalue weighted by Gasteiger charge is -2.35. The molecule has 1 saturated heterocycles. The van der Waals surface area contributed by atoms with E-state index in [1.54, 1.807) is 23.0 Å². The second-order valence-electron chi connectivity index (χ2n) is 7.73. The summed E-state index contributed by atoms with van der Waals surface area (Å²) in [6.07, 6.45) is 5.26. The van der Waals surface area contributed by atoms with Crippen LogP contribution in [-0.2, 0) is 26.2 Å². The third-order valence-corrected chi connectivity index (χ3v) is 5.86. The van der Waals surface area contributed by atoms with Gasteiger partial charge in [0.2, 0.25) is 17.7 Å². The number of amides is 3. The molecule has 0 radical (unpaired) electrons. The second kappa shape index (κ2) is 8.55. The lowest BCUT2D eigenvalue weighted by molar-refractivity contribution is -0.138. The Balaban J connectivity index is 1.40. The Kier molecular flexibility index (Phi) is 5.66. The normalized spacial score (nSPS) is 18.5. The molecule has 2 N–H and O–H groups in total. The standard InChI is InChI=1S/C24H24N4O3/c1-2-24(13-12-21(29)27-23(24)31)18-6-8-19(9-7-18)26-22(30)16-17-4-10-20(11-5-17)28-15-3-14-25-28/h3-11,14-15H,2,12-13,16H2,1H3,(H,26,30)(H,27,29,31). The summed E-state index contributed by atoms with van der Waals surface area (Å²) in [6, 6.07) is 16.8. The van der Waals surface area contributed by atoms with E-state index in [-0.39, 0.29) is 24.1 Å². The average Bonchev–Trinajstić information content (AvgIpc) is 3.30. The maximum atomic E-state index is 12.5. The van der Waals surface area contributed by atoms with Crippen LogP contribution in [0, 0.1) is 0 Å². The van der Waals surface area contributed by atoms with Crippen LogP contribution in [0.25, 0.3) is 5.69 Å². The Hall–Kier alpha value is -3.74. The molecule has 158 valence electrons. The number of hydrogen-bond acceptors (Lipinski definition) is 4. The lowest BCUT2D eigenvalue weighted by atomic mass is 9.72. The molecule has 0 spiro atoms.